The number of nitrogens with zero attached hydrogens (tertiary/aromatic N) is 5. The summed E-state index contributed by atoms with van der Waals surface area (Å²) in [5, 5.41) is 8.32. The summed E-state index contributed by atoms with van der Waals surface area (Å²) in [7, 11) is 2.11. The van der Waals surface area contributed by atoms with E-state index in [-0.39, 0.29) is 0 Å². The molecule has 6 nitrogen and oxygen atoms in total. The molecule has 0 aliphatic heterocycles. The lowest BCUT2D eigenvalue weighted by Gasteiger charge is -2.20. The predicted octanol–water partition coefficient (Wildman–Crippen LogP) is 2.10. The van der Waals surface area contributed by atoms with Gasteiger partial charge in [0.2, 0.25) is 0 Å². The number of aromatic nitrogens is 4. The summed E-state index contributed by atoms with van der Waals surface area (Å²) in [6.45, 7) is 9.91. The molecule has 6 heteroatoms. The van der Waals surface area contributed by atoms with Gasteiger partial charge in [0.25, 0.3) is 5.89 Å². The molecule has 0 amide bonds. The predicted molar refractivity (Wildman–Crippen MR) is 72.5 cm³/mol. The molecule has 0 fully saturated rings. The molecule has 0 N–H and O–H groups in total. The van der Waals surface area contributed by atoms with Crippen LogP contribution >= 0.6 is 0 Å². The van der Waals surface area contributed by atoms with E-state index >= 15 is 0 Å². The van der Waals surface area contributed by atoms with Crippen LogP contribution < -0.4 is 0 Å². The van der Waals surface area contributed by atoms with E-state index in [1.807, 2.05) is 10.7 Å². The van der Waals surface area contributed by atoms with Crippen LogP contribution in [0.5, 0.6) is 0 Å². The fourth-order valence-corrected chi connectivity index (χ4v) is 1.80. The van der Waals surface area contributed by atoms with Crippen LogP contribution in [0.2, 0.25) is 0 Å². The third kappa shape index (κ3) is 3.01. The van der Waals surface area contributed by atoms with Gasteiger partial charge in [-0.1, -0.05) is 5.16 Å². The van der Waals surface area contributed by atoms with E-state index in [1.165, 1.54) is 0 Å². The molecule has 2 aromatic rings. The van der Waals surface area contributed by atoms with Gasteiger partial charge in [-0.25, -0.2) is 0 Å². The van der Waals surface area contributed by atoms with Gasteiger partial charge < -0.3 is 4.52 Å². The highest BCUT2D eigenvalue weighted by Gasteiger charge is 2.15. The van der Waals surface area contributed by atoms with Crippen molar-refractivity contribution in [2.24, 2.45) is 0 Å². The average molecular weight is 263 g/mol. The molecule has 0 aromatic carbocycles. The molecule has 0 radical (unpaired) electrons. The van der Waals surface area contributed by atoms with Crippen molar-refractivity contribution in [3.63, 3.8) is 0 Å². The third-order valence-corrected chi connectivity index (χ3v) is 3.20. The van der Waals surface area contributed by atoms with Crippen LogP contribution in [-0.4, -0.2) is 37.9 Å². The van der Waals surface area contributed by atoms with E-state index in [0.29, 0.717) is 17.8 Å². The molecule has 0 spiro atoms. The monoisotopic (exact) mass is 263 g/mol. The molecule has 2 rings (SSSR count). The highest BCUT2D eigenvalue weighted by Crippen LogP contribution is 2.18. The largest absolute Gasteiger partial charge is 0.332 e. The van der Waals surface area contributed by atoms with E-state index in [9.17, 15) is 0 Å². The first-order valence-electron chi connectivity index (χ1n) is 6.59. The minimum Gasteiger partial charge on any atom is -0.332 e. The summed E-state index contributed by atoms with van der Waals surface area (Å²) in [5.41, 5.74) is 1.90. The van der Waals surface area contributed by atoms with E-state index in [4.69, 9.17) is 4.52 Å². The molecule has 2 heterocycles. The molecule has 0 atom stereocenters. The van der Waals surface area contributed by atoms with Crippen LogP contribution in [-0.2, 0) is 13.1 Å². The fraction of sp³-hybridized carbons (Fsp3) is 0.615. The van der Waals surface area contributed by atoms with Crippen molar-refractivity contribution < 1.29 is 4.52 Å². The lowest BCUT2D eigenvalue weighted by atomic mass is 10.3. The van der Waals surface area contributed by atoms with Crippen molar-refractivity contribution in [3.05, 3.63) is 17.6 Å². The Morgan fingerprint density at radius 3 is 2.68 bits per heavy atom. The standard InChI is InChI=1S/C13H21N5O/c1-6-18-11(8-17(5)9(2)3)7-12(15-18)13-14-10(4)16-19-13/h7,9H,6,8H2,1-5H3. The van der Waals surface area contributed by atoms with E-state index in [1.54, 1.807) is 6.92 Å². The third-order valence-electron chi connectivity index (χ3n) is 3.20. The van der Waals surface area contributed by atoms with Crippen molar-refractivity contribution in [1.82, 2.24) is 24.8 Å². The molecule has 0 aliphatic carbocycles. The Morgan fingerprint density at radius 1 is 1.42 bits per heavy atom. The summed E-state index contributed by atoms with van der Waals surface area (Å²) < 4.78 is 7.14. The Balaban J connectivity index is 2.27. The fourth-order valence-electron chi connectivity index (χ4n) is 1.80. The molecule has 104 valence electrons. The highest BCUT2D eigenvalue weighted by molar-refractivity contribution is 5.46. The molecule has 2 aromatic heterocycles. The van der Waals surface area contributed by atoms with Gasteiger partial charge in [0, 0.05) is 19.1 Å². The van der Waals surface area contributed by atoms with E-state index in [0.717, 1.165) is 24.5 Å². The zero-order chi connectivity index (χ0) is 14.0. The quantitative estimate of drug-likeness (QED) is 0.826. The van der Waals surface area contributed by atoms with Gasteiger partial charge in [0.15, 0.2) is 11.5 Å². The van der Waals surface area contributed by atoms with Crippen LogP contribution in [0.15, 0.2) is 10.6 Å². The maximum absolute atomic E-state index is 5.17. The first kappa shape index (κ1) is 13.7. The first-order chi connectivity index (χ1) is 9.01. The average Bonchev–Trinajstić information content (AvgIpc) is 2.95. The number of hydrogen-bond donors (Lipinski definition) is 0. The topological polar surface area (TPSA) is 60.0 Å². The van der Waals surface area contributed by atoms with Gasteiger partial charge in [-0.3, -0.25) is 9.58 Å². The number of aryl methyl sites for hydroxylation is 2. The Hall–Kier alpha value is -1.69. The maximum atomic E-state index is 5.17. The van der Waals surface area contributed by atoms with Crippen LogP contribution in [0.25, 0.3) is 11.6 Å². The minimum atomic E-state index is 0.484. The summed E-state index contributed by atoms with van der Waals surface area (Å²) in [5.74, 6) is 1.11. The normalized spacial score (nSPS) is 11.7. The molecular formula is C13H21N5O. The van der Waals surface area contributed by atoms with Gasteiger partial charge >= 0.3 is 0 Å². The second-order valence-electron chi connectivity index (χ2n) is 4.99. The van der Waals surface area contributed by atoms with Crippen LogP contribution in [0.1, 0.15) is 32.3 Å². The van der Waals surface area contributed by atoms with Gasteiger partial charge in [-0.15, -0.1) is 0 Å². The smallest absolute Gasteiger partial charge is 0.278 e. The Bertz CT molecular complexity index is 543. The minimum absolute atomic E-state index is 0.484. The van der Waals surface area contributed by atoms with Crippen molar-refractivity contribution in [3.8, 4) is 11.6 Å². The van der Waals surface area contributed by atoms with Crippen molar-refractivity contribution in [2.45, 2.75) is 46.8 Å². The maximum Gasteiger partial charge on any atom is 0.278 e. The summed E-state index contributed by atoms with van der Waals surface area (Å²) >= 11 is 0. The lowest BCUT2D eigenvalue weighted by Crippen LogP contribution is -2.26. The van der Waals surface area contributed by atoms with Gasteiger partial charge in [-0.05, 0) is 40.8 Å². The second kappa shape index (κ2) is 5.52. The SMILES string of the molecule is CCn1nc(-c2nc(C)no2)cc1CN(C)C(C)C. The zero-order valence-electron chi connectivity index (χ0n) is 12.2. The van der Waals surface area contributed by atoms with Crippen LogP contribution in [0.3, 0.4) is 0 Å². The Labute approximate surface area is 113 Å². The second-order valence-corrected chi connectivity index (χ2v) is 4.99. The number of rotatable bonds is 5. The summed E-state index contributed by atoms with van der Waals surface area (Å²) in [6.07, 6.45) is 0. The molecule has 0 saturated carbocycles. The van der Waals surface area contributed by atoms with Crippen molar-refractivity contribution in [1.29, 1.82) is 0 Å². The van der Waals surface area contributed by atoms with Gasteiger partial charge in [-0.2, -0.15) is 10.1 Å². The molecule has 0 saturated heterocycles. The number of hydrogen-bond acceptors (Lipinski definition) is 5. The first-order valence-corrected chi connectivity index (χ1v) is 6.59. The molecular weight excluding hydrogens is 242 g/mol. The lowest BCUT2D eigenvalue weighted by molar-refractivity contribution is 0.257. The van der Waals surface area contributed by atoms with Crippen molar-refractivity contribution in [2.75, 3.05) is 7.05 Å². The summed E-state index contributed by atoms with van der Waals surface area (Å²) in [4.78, 5) is 6.49. The van der Waals surface area contributed by atoms with E-state index in [2.05, 4.69) is 48.0 Å². The van der Waals surface area contributed by atoms with E-state index < -0.39 is 0 Å². The molecule has 0 bridgehead atoms. The Kier molecular flexibility index (Phi) is 3.99. The Morgan fingerprint density at radius 2 is 2.16 bits per heavy atom. The van der Waals surface area contributed by atoms with Gasteiger partial charge in [0.1, 0.15) is 0 Å². The van der Waals surface area contributed by atoms with Crippen LogP contribution in [0.4, 0.5) is 0 Å². The molecule has 0 unspecified atom stereocenters. The molecule has 0 aliphatic rings. The highest BCUT2D eigenvalue weighted by atomic mass is 16.5. The van der Waals surface area contributed by atoms with Gasteiger partial charge in [0.05, 0.1) is 5.69 Å². The van der Waals surface area contributed by atoms with Crippen molar-refractivity contribution >= 4 is 0 Å². The summed E-state index contributed by atoms with van der Waals surface area (Å²) in [6, 6.07) is 2.52. The van der Waals surface area contributed by atoms with Crippen LogP contribution in [0, 0.1) is 6.92 Å². The molecule has 19 heavy (non-hydrogen) atoms. The zero-order valence-corrected chi connectivity index (χ0v) is 12.2.